The number of nitrogens with two attached hydrogens (primary N) is 1. The van der Waals surface area contributed by atoms with Gasteiger partial charge in [-0.25, -0.2) is 0 Å². The van der Waals surface area contributed by atoms with Crippen LogP contribution in [-0.2, 0) is 0 Å². The maximum Gasteiger partial charge on any atom is 0.151 e. The number of aliphatic hydroxyl groups excluding tert-OH is 1. The second-order valence-corrected chi connectivity index (χ2v) is 2.46. The summed E-state index contributed by atoms with van der Waals surface area (Å²) >= 11 is 0. The van der Waals surface area contributed by atoms with Crippen molar-refractivity contribution >= 4 is 6.29 Å². The summed E-state index contributed by atoms with van der Waals surface area (Å²) in [4.78, 5) is 14.1. The van der Waals surface area contributed by atoms with Gasteiger partial charge in [0.05, 0.1) is 12.6 Å². The van der Waals surface area contributed by atoms with Crippen molar-refractivity contribution in [3.05, 3.63) is 29.6 Å². The third-order valence-electron chi connectivity index (χ3n) is 1.54. The quantitative estimate of drug-likeness (QED) is 0.614. The van der Waals surface area contributed by atoms with Crippen molar-refractivity contribution in [2.45, 2.75) is 6.04 Å². The van der Waals surface area contributed by atoms with E-state index in [-0.39, 0.29) is 6.61 Å². The number of carbonyl (C=O) groups excluding carboxylic acids is 1. The highest BCUT2D eigenvalue weighted by Crippen LogP contribution is 2.08. The monoisotopic (exact) mass is 166 g/mol. The predicted molar refractivity (Wildman–Crippen MR) is 43.6 cm³/mol. The molecule has 0 fully saturated rings. The van der Waals surface area contributed by atoms with E-state index in [9.17, 15) is 4.79 Å². The van der Waals surface area contributed by atoms with E-state index in [1.807, 2.05) is 0 Å². The number of hydrogen-bond donors (Lipinski definition) is 2. The van der Waals surface area contributed by atoms with Gasteiger partial charge in [-0.1, -0.05) is 0 Å². The Morgan fingerprint density at radius 1 is 1.67 bits per heavy atom. The Balaban J connectivity index is 2.93. The van der Waals surface area contributed by atoms with E-state index < -0.39 is 6.04 Å². The number of aldehydes is 1. The Bertz CT molecular complexity index is 276. The third-order valence-corrected chi connectivity index (χ3v) is 1.54. The number of carbonyl (C=O) groups is 1. The lowest BCUT2D eigenvalue weighted by Crippen LogP contribution is -2.14. The molecule has 1 heterocycles. The second kappa shape index (κ2) is 3.94. The SMILES string of the molecule is N[C@@H](CO)c1cncc(C=O)c1. The van der Waals surface area contributed by atoms with Gasteiger partial charge < -0.3 is 10.8 Å². The van der Waals surface area contributed by atoms with Gasteiger partial charge in [-0.15, -0.1) is 0 Å². The molecular formula is C8H10N2O2. The summed E-state index contributed by atoms with van der Waals surface area (Å²) < 4.78 is 0. The van der Waals surface area contributed by atoms with Crippen LogP contribution >= 0.6 is 0 Å². The molecule has 0 aliphatic carbocycles. The molecule has 12 heavy (non-hydrogen) atoms. The highest BCUT2D eigenvalue weighted by atomic mass is 16.3. The van der Waals surface area contributed by atoms with Crippen LogP contribution in [0, 0.1) is 0 Å². The zero-order chi connectivity index (χ0) is 8.97. The predicted octanol–water partition coefficient (Wildman–Crippen LogP) is -0.114. The molecule has 3 N–H and O–H groups in total. The van der Waals surface area contributed by atoms with Crippen molar-refractivity contribution < 1.29 is 9.90 Å². The molecule has 4 heteroatoms. The first kappa shape index (κ1) is 8.83. The summed E-state index contributed by atoms with van der Waals surface area (Å²) in [7, 11) is 0. The van der Waals surface area contributed by atoms with Crippen molar-refractivity contribution in [3.8, 4) is 0 Å². The molecule has 0 radical (unpaired) electrons. The first-order chi connectivity index (χ1) is 5.77. The van der Waals surface area contributed by atoms with Gasteiger partial charge in [0, 0.05) is 18.0 Å². The molecule has 0 aliphatic rings. The fraction of sp³-hybridized carbons (Fsp3) is 0.250. The Morgan fingerprint density at radius 2 is 2.42 bits per heavy atom. The number of nitrogens with zero attached hydrogens (tertiary/aromatic N) is 1. The number of pyridine rings is 1. The molecule has 0 amide bonds. The number of rotatable bonds is 3. The van der Waals surface area contributed by atoms with Gasteiger partial charge in [0.15, 0.2) is 6.29 Å². The summed E-state index contributed by atoms with van der Waals surface area (Å²) in [6.07, 6.45) is 3.68. The fourth-order valence-electron chi connectivity index (χ4n) is 0.849. The molecule has 1 aromatic heterocycles. The van der Waals surface area contributed by atoms with Crippen LogP contribution in [0.3, 0.4) is 0 Å². The normalized spacial score (nSPS) is 12.5. The van der Waals surface area contributed by atoms with Crippen LogP contribution in [-0.4, -0.2) is 23.0 Å². The van der Waals surface area contributed by atoms with Gasteiger partial charge in [-0.3, -0.25) is 9.78 Å². The first-order valence-corrected chi connectivity index (χ1v) is 3.54. The van der Waals surface area contributed by atoms with E-state index in [1.165, 1.54) is 12.4 Å². The number of aromatic nitrogens is 1. The number of hydrogen-bond acceptors (Lipinski definition) is 4. The van der Waals surface area contributed by atoms with Crippen molar-refractivity contribution in [2.75, 3.05) is 6.61 Å². The minimum atomic E-state index is -0.461. The number of aliphatic hydroxyl groups is 1. The third kappa shape index (κ3) is 1.87. The van der Waals surface area contributed by atoms with Crippen molar-refractivity contribution in [1.82, 2.24) is 4.98 Å². The highest BCUT2D eigenvalue weighted by molar-refractivity contribution is 5.74. The van der Waals surface area contributed by atoms with E-state index in [0.717, 1.165) is 0 Å². The summed E-state index contributed by atoms with van der Waals surface area (Å²) in [5.74, 6) is 0. The molecule has 0 aromatic carbocycles. The van der Waals surface area contributed by atoms with Crippen LogP contribution in [0.25, 0.3) is 0 Å². The molecule has 1 rings (SSSR count). The molecule has 1 aromatic rings. The summed E-state index contributed by atoms with van der Waals surface area (Å²) in [6.45, 7) is -0.149. The van der Waals surface area contributed by atoms with Gasteiger partial charge in [0.2, 0.25) is 0 Å². The van der Waals surface area contributed by atoms with Crippen LogP contribution in [0.4, 0.5) is 0 Å². The summed E-state index contributed by atoms with van der Waals surface area (Å²) in [5, 5.41) is 8.71. The first-order valence-electron chi connectivity index (χ1n) is 3.54. The average molecular weight is 166 g/mol. The maximum atomic E-state index is 10.3. The minimum Gasteiger partial charge on any atom is -0.394 e. The van der Waals surface area contributed by atoms with Gasteiger partial charge in [-0.05, 0) is 11.6 Å². The molecule has 0 bridgehead atoms. The average Bonchev–Trinajstić information content (AvgIpc) is 2.17. The lowest BCUT2D eigenvalue weighted by Gasteiger charge is -2.06. The van der Waals surface area contributed by atoms with Gasteiger partial charge in [0.25, 0.3) is 0 Å². The summed E-state index contributed by atoms with van der Waals surface area (Å²) in [5.41, 5.74) is 6.65. The van der Waals surface area contributed by atoms with E-state index in [1.54, 1.807) is 6.07 Å². The standard InChI is InChI=1S/C8H10N2O2/c9-8(5-12)7-1-6(4-11)2-10-3-7/h1-4,8,12H,5,9H2/t8-/m0/s1. The Hall–Kier alpha value is -1.26. The van der Waals surface area contributed by atoms with Crippen LogP contribution in [0.5, 0.6) is 0 Å². The molecule has 64 valence electrons. The van der Waals surface area contributed by atoms with Gasteiger partial charge in [-0.2, -0.15) is 0 Å². The Kier molecular flexibility index (Phi) is 2.90. The topological polar surface area (TPSA) is 76.2 Å². The van der Waals surface area contributed by atoms with Crippen LogP contribution in [0.15, 0.2) is 18.5 Å². The van der Waals surface area contributed by atoms with E-state index in [0.29, 0.717) is 17.4 Å². The Labute approximate surface area is 70.0 Å². The smallest absolute Gasteiger partial charge is 0.151 e. The molecular weight excluding hydrogens is 156 g/mol. The molecule has 1 atom stereocenters. The van der Waals surface area contributed by atoms with E-state index in [4.69, 9.17) is 10.8 Å². The van der Waals surface area contributed by atoms with Crippen LogP contribution in [0.1, 0.15) is 22.0 Å². The van der Waals surface area contributed by atoms with Crippen molar-refractivity contribution in [1.29, 1.82) is 0 Å². The Morgan fingerprint density at radius 3 is 3.00 bits per heavy atom. The van der Waals surface area contributed by atoms with Gasteiger partial charge >= 0.3 is 0 Å². The highest BCUT2D eigenvalue weighted by Gasteiger charge is 2.04. The zero-order valence-electron chi connectivity index (χ0n) is 6.47. The zero-order valence-corrected chi connectivity index (χ0v) is 6.47. The molecule has 0 unspecified atom stereocenters. The minimum absolute atomic E-state index is 0.149. The summed E-state index contributed by atoms with van der Waals surface area (Å²) in [6, 6.07) is 1.15. The van der Waals surface area contributed by atoms with E-state index in [2.05, 4.69) is 4.98 Å². The lowest BCUT2D eigenvalue weighted by atomic mass is 10.1. The second-order valence-electron chi connectivity index (χ2n) is 2.46. The van der Waals surface area contributed by atoms with Crippen molar-refractivity contribution in [3.63, 3.8) is 0 Å². The molecule has 0 spiro atoms. The molecule has 4 nitrogen and oxygen atoms in total. The van der Waals surface area contributed by atoms with Crippen LogP contribution in [0.2, 0.25) is 0 Å². The molecule has 0 saturated heterocycles. The van der Waals surface area contributed by atoms with Crippen LogP contribution < -0.4 is 5.73 Å². The van der Waals surface area contributed by atoms with Gasteiger partial charge in [0.1, 0.15) is 0 Å². The maximum absolute atomic E-state index is 10.3. The largest absolute Gasteiger partial charge is 0.394 e. The lowest BCUT2D eigenvalue weighted by molar-refractivity contribution is 0.112. The van der Waals surface area contributed by atoms with E-state index >= 15 is 0 Å². The molecule has 0 saturated carbocycles. The fourth-order valence-corrected chi connectivity index (χ4v) is 0.849. The van der Waals surface area contributed by atoms with Crippen molar-refractivity contribution in [2.24, 2.45) is 5.73 Å². The molecule has 0 aliphatic heterocycles.